The molecule has 1 aliphatic rings. The summed E-state index contributed by atoms with van der Waals surface area (Å²) < 4.78 is 40.3. The highest BCUT2D eigenvalue weighted by molar-refractivity contribution is 5.66. The third kappa shape index (κ3) is 3.10. The molecule has 4 nitrogen and oxygen atoms in total. The lowest BCUT2D eigenvalue weighted by molar-refractivity contribution is -0.274. The Morgan fingerprint density at radius 1 is 1.37 bits per heavy atom. The Kier molecular flexibility index (Phi) is 3.30. The van der Waals surface area contributed by atoms with Crippen molar-refractivity contribution in [1.29, 1.82) is 0 Å². The van der Waals surface area contributed by atoms with Crippen molar-refractivity contribution in [3.63, 3.8) is 0 Å². The smallest absolute Gasteiger partial charge is 0.465 e. The van der Waals surface area contributed by atoms with E-state index in [9.17, 15) is 18.0 Å². The van der Waals surface area contributed by atoms with Gasteiger partial charge in [0, 0.05) is 0 Å². The summed E-state index contributed by atoms with van der Waals surface area (Å²) in [5.41, 5.74) is -0.306. The fourth-order valence-electron chi connectivity index (χ4n) is 2.21. The van der Waals surface area contributed by atoms with Crippen molar-refractivity contribution >= 4 is 6.09 Å². The molecule has 1 aliphatic carbocycles. The molecular formula is C12H12F3NO3. The van der Waals surface area contributed by atoms with Crippen molar-refractivity contribution < 1.29 is 27.8 Å². The average molecular weight is 275 g/mol. The SMILES string of the molecule is O=C(O)NC1(c2cccc(OC(F)(F)F)c2)CCC1. The summed E-state index contributed by atoms with van der Waals surface area (Å²) in [7, 11) is 0. The first-order chi connectivity index (χ1) is 8.81. The first-order valence-corrected chi connectivity index (χ1v) is 5.68. The lowest BCUT2D eigenvalue weighted by Crippen LogP contribution is -2.50. The number of carboxylic acid groups (broad SMARTS) is 1. The van der Waals surface area contributed by atoms with Crippen molar-refractivity contribution in [2.24, 2.45) is 0 Å². The molecule has 0 aliphatic heterocycles. The Labute approximate surface area is 107 Å². The molecule has 0 aromatic heterocycles. The van der Waals surface area contributed by atoms with E-state index in [1.807, 2.05) is 0 Å². The molecule has 104 valence electrons. The number of alkyl halides is 3. The monoisotopic (exact) mass is 275 g/mol. The van der Waals surface area contributed by atoms with E-state index in [0.717, 1.165) is 6.42 Å². The predicted molar refractivity (Wildman–Crippen MR) is 59.8 cm³/mol. The molecule has 0 saturated heterocycles. The van der Waals surface area contributed by atoms with Gasteiger partial charge in [0.15, 0.2) is 0 Å². The molecule has 2 N–H and O–H groups in total. The van der Waals surface area contributed by atoms with Gasteiger partial charge in [0.25, 0.3) is 0 Å². The van der Waals surface area contributed by atoms with Gasteiger partial charge in [-0.25, -0.2) is 4.79 Å². The first-order valence-electron chi connectivity index (χ1n) is 5.68. The van der Waals surface area contributed by atoms with Gasteiger partial charge in [-0.2, -0.15) is 0 Å². The summed E-state index contributed by atoms with van der Waals surface area (Å²) in [6.45, 7) is 0. The molecule has 0 spiro atoms. The number of amides is 1. The summed E-state index contributed by atoms with van der Waals surface area (Å²) in [6, 6.07) is 5.42. The molecule has 1 aromatic rings. The minimum Gasteiger partial charge on any atom is -0.465 e. The second-order valence-electron chi connectivity index (χ2n) is 4.44. The number of carbonyl (C=O) groups is 1. The van der Waals surface area contributed by atoms with Crippen LogP contribution in [0.2, 0.25) is 0 Å². The summed E-state index contributed by atoms with van der Waals surface area (Å²) in [5.74, 6) is -0.344. The molecule has 0 unspecified atom stereocenters. The van der Waals surface area contributed by atoms with Crippen molar-refractivity contribution in [2.45, 2.75) is 31.2 Å². The summed E-state index contributed by atoms with van der Waals surface area (Å²) in [5, 5.41) is 11.2. The zero-order valence-corrected chi connectivity index (χ0v) is 9.83. The zero-order valence-electron chi connectivity index (χ0n) is 9.83. The molecule has 0 heterocycles. The number of benzene rings is 1. The van der Waals surface area contributed by atoms with Crippen LogP contribution >= 0.6 is 0 Å². The number of halogens is 3. The van der Waals surface area contributed by atoms with Crippen molar-refractivity contribution in [2.75, 3.05) is 0 Å². The summed E-state index contributed by atoms with van der Waals surface area (Å²) in [4.78, 5) is 10.8. The van der Waals surface area contributed by atoms with Crippen LogP contribution in [0.1, 0.15) is 24.8 Å². The minimum atomic E-state index is -4.76. The van der Waals surface area contributed by atoms with Crippen LogP contribution in [0.25, 0.3) is 0 Å². The Morgan fingerprint density at radius 3 is 2.53 bits per heavy atom. The highest BCUT2D eigenvalue weighted by Gasteiger charge is 2.40. The fraction of sp³-hybridized carbons (Fsp3) is 0.417. The Morgan fingerprint density at radius 2 is 2.05 bits per heavy atom. The molecule has 0 bridgehead atoms. The quantitative estimate of drug-likeness (QED) is 0.890. The van der Waals surface area contributed by atoms with Gasteiger partial charge >= 0.3 is 12.5 Å². The van der Waals surface area contributed by atoms with Crippen molar-refractivity contribution in [3.8, 4) is 5.75 Å². The molecule has 0 radical (unpaired) electrons. The molecule has 19 heavy (non-hydrogen) atoms. The van der Waals surface area contributed by atoms with Crippen LogP contribution in [0, 0.1) is 0 Å². The maximum absolute atomic E-state index is 12.1. The maximum atomic E-state index is 12.1. The fourth-order valence-corrected chi connectivity index (χ4v) is 2.21. The van der Waals surface area contributed by atoms with E-state index in [-0.39, 0.29) is 5.75 Å². The van der Waals surface area contributed by atoms with Crippen LogP contribution in [-0.2, 0) is 5.54 Å². The maximum Gasteiger partial charge on any atom is 0.573 e. The van der Waals surface area contributed by atoms with Gasteiger partial charge in [0.05, 0.1) is 5.54 Å². The van der Waals surface area contributed by atoms with Gasteiger partial charge < -0.3 is 15.2 Å². The van der Waals surface area contributed by atoms with E-state index in [1.165, 1.54) is 18.2 Å². The van der Waals surface area contributed by atoms with Crippen molar-refractivity contribution in [1.82, 2.24) is 5.32 Å². The van der Waals surface area contributed by atoms with E-state index >= 15 is 0 Å². The Bertz CT molecular complexity index is 483. The number of ether oxygens (including phenoxy) is 1. The lowest BCUT2D eigenvalue weighted by Gasteiger charge is -2.42. The topological polar surface area (TPSA) is 58.6 Å². The number of hydrogen-bond donors (Lipinski definition) is 2. The van der Waals surface area contributed by atoms with Gasteiger partial charge in [-0.15, -0.1) is 13.2 Å². The van der Waals surface area contributed by atoms with E-state index in [1.54, 1.807) is 6.07 Å². The van der Waals surface area contributed by atoms with Gasteiger partial charge in [-0.1, -0.05) is 12.1 Å². The van der Waals surface area contributed by atoms with E-state index in [0.29, 0.717) is 18.4 Å². The van der Waals surface area contributed by atoms with Crippen LogP contribution in [0.3, 0.4) is 0 Å². The molecule has 1 fully saturated rings. The molecule has 1 amide bonds. The van der Waals surface area contributed by atoms with Crippen molar-refractivity contribution in [3.05, 3.63) is 29.8 Å². The zero-order chi connectivity index (χ0) is 14.1. The molecule has 1 saturated carbocycles. The normalized spacial score (nSPS) is 17.4. The van der Waals surface area contributed by atoms with Gasteiger partial charge in [0.2, 0.25) is 0 Å². The van der Waals surface area contributed by atoms with Crippen LogP contribution < -0.4 is 10.1 Å². The molecule has 1 aromatic carbocycles. The third-order valence-corrected chi connectivity index (χ3v) is 3.17. The largest absolute Gasteiger partial charge is 0.573 e. The second kappa shape index (κ2) is 4.64. The molecule has 7 heteroatoms. The van der Waals surface area contributed by atoms with Gasteiger partial charge in [-0.3, -0.25) is 0 Å². The highest BCUT2D eigenvalue weighted by atomic mass is 19.4. The molecular weight excluding hydrogens is 263 g/mol. The van der Waals surface area contributed by atoms with E-state index in [4.69, 9.17) is 5.11 Å². The standard InChI is InChI=1S/C12H12F3NO3/c13-12(14,15)19-9-4-1-3-8(7-9)11(5-2-6-11)16-10(17)18/h1,3-4,7,16H,2,5-6H2,(H,17,18). The number of hydrogen-bond acceptors (Lipinski definition) is 2. The highest BCUT2D eigenvalue weighted by Crippen LogP contribution is 2.42. The van der Waals surface area contributed by atoms with Crippen LogP contribution in [-0.4, -0.2) is 17.6 Å². The predicted octanol–water partition coefficient (Wildman–Crippen LogP) is 3.23. The van der Waals surface area contributed by atoms with Gasteiger partial charge in [-0.05, 0) is 37.0 Å². The average Bonchev–Trinajstić information content (AvgIpc) is 2.21. The van der Waals surface area contributed by atoms with E-state index < -0.39 is 18.0 Å². The summed E-state index contributed by atoms with van der Waals surface area (Å²) in [6.07, 6.45) is -4.00. The number of rotatable bonds is 3. The minimum absolute atomic E-state index is 0.344. The van der Waals surface area contributed by atoms with Crippen LogP contribution in [0.4, 0.5) is 18.0 Å². The van der Waals surface area contributed by atoms with Crippen LogP contribution in [0.15, 0.2) is 24.3 Å². The molecule has 2 rings (SSSR count). The Balaban J connectivity index is 2.24. The Hall–Kier alpha value is -1.92. The lowest BCUT2D eigenvalue weighted by atomic mass is 9.72. The summed E-state index contributed by atoms with van der Waals surface area (Å²) >= 11 is 0. The first kappa shape index (κ1) is 13.5. The second-order valence-corrected chi connectivity index (χ2v) is 4.44. The number of nitrogens with one attached hydrogen (secondary N) is 1. The van der Waals surface area contributed by atoms with E-state index in [2.05, 4.69) is 10.1 Å². The molecule has 0 atom stereocenters. The van der Waals surface area contributed by atoms with Gasteiger partial charge in [0.1, 0.15) is 5.75 Å². The third-order valence-electron chi connectivity index (χ3n) is 3.17. The van der Waals surface area contributed by atoms with Crippen LogP contribution in [0.5, 0.6) is 5.75 Å².